The number of anilines is 1. The van der Waals surface area contributed by atoms with Gasteiger partial charge in [0.1, 0.15) is 0 Å². The van der Waals surface area contributed by atoms with Crippen molar-refractivity contribution in [3.8, 4) is 10.7 Å². The molecule has 11 heteroatoms. The largest absolute Gasteiger partial charge is 0.335 e. The van der Waals surface area contributed by atoms with Gasteiger partial charge in [-0.05, 0) is 30.5 Å². The molecule has 0 radical (unpaired) electrons. The fraction of sp³-hybridized carbons (Fsp3) is 0.133. The number of amides is 1. The second kappa shape index (κ2) is 7.54. The first kappa shape index (κ1) is 17.9. The number of nitrogens with one attached hydrogen (secondary N) is 1. The molecule has 2 heterocycles. The summed E-state index contributed by atoms with van der Waals surface area (Å²) in [7, 11) is 0. The fourth-order valence-corrected chi connectivity index (χ4v) is 3.53. The molecule has 0 aliphatic carbocycles. The normalized spacial score (nSPS) is 11.9. The average Bonchev–Trinajstić information content (AvgIpc) is 3.26. The first-order chi connectivity index (χ1) is 12.5. The molecule has 0 spiro atoms. The number of benzene rings is 1. The number of non-ortho nitro benzene ring substituents is 1. The number of carbonyl (C=O) groups excluding carboxylic acids is 1. The predicted octanol–water partition coefficient (Wildman–Crippen LogP) is 2.75. The van der Waals surface area contributed by atoms with Gasteiger partial charge in [0.15, 0.2) is 5.82 Å². The third kappa shape index (κ3) is 3.83. The van der Waals surface area contributed by atoms with Crippen molar-refractivity contribution in [1.82, 2.24) is 14.9 Å². The molecule has 0 saturated heterocycles. The maximum atomic E-state index is 12.3. The van der Waals surface area contributed by atoms with Gasteiger partial charge in [-0.25, -0.2) is 4.68 Å². The van der Waals surface area contributed by atoms with E-state index in [-0.39, 0.29) is 11.6 Å². The van der Waals surface area contributed by atoms with E-state index in [2.05, 4.69) is 15.5 Å². The van der Waals surface area contributed by atoms with E-state index in [1.165, 1.54) is 52.0 Å². The van der Waals surface area contributed by atoms with E-state index in [4.69, 9.17) is 5.84 Å². The highest BCUT2D eigenvalue weighted by Gasteiger charge is 2.20. The Bertz CT molecular complexity index is 924. The summed E-state index contributed by atoms with van der Waals surface area (Å²) in [6, 6.07) is 9.40. The lowest BCUT2D eigenvalue weighted by Gasteiger charge is -2.11. The minimum atomic E-state index is -0.497. The number of rotatable bonds is 6. The number of carbonyl (C=O) groups is 1. The van der Waals surface area contributed by atoms with Gasteiger partial charge in [0.25, 0.3) is 5.69 Å². The van der Waals surface area contributed by atoms with Crippen LogP contribution in [0.5, 0.6) is 0 Å². The highest BCUT2D eigenvalue weighted by Crippen LogP contribution is 2.27. The molecular weight excluding hydrogens is 376 g/mol. The number of hydrogen-bond acceptors (Lipinski definition) is 8. The molecule has 26 heavy (non-hydrogen) atoms. The number of nitro groups is 1. The third-order valence-electron chi connectivity index (χ3n) is 3.40. The van der Waals surface area contributed by atoms with Crippen LogP contribution in [0.1, 0.15) is 6.92 Å². The van der Waals surface area contributed by atoms with E-state index in [1.807, 2.05) is 17.5 Å². The number of hydrogen-bond donors (Lipinski definition) is 2. The molecule has 1 aromatic carbocycles. The van der Waals surface area contributed by atoms with Crippen LogP contribution in [0.2, 0.25) is 0 Å². The Hall–Kier alpha value is -2.92. The van der Waals surface area contributed by atoms with E-state index in [0.29, 0.717) is 16.7 Å². The minimum Gasteiger partial charge on any atom is -0.335 e. The Balaban J connectivity index is 1.65. The van der Waals surface area contributed by atoms with Crippen LogP contribution in [0, 0.1) is 10.1 Å². The third-order valence-corrected chi connectivity index (χ3v) is 5.33. The second-order valence-corrected chi connectivity index (χ2v) is 7.46. The molecule has 3 rings (SSSR count). The Labute approximate surface area is 156 Å². The van der Waals surface area contributed by atoms with Crippen molar-refractivity contribution in [3.63, 3.8) is 0 Å². The molecule has 0 aliphatic heterocycles. The summed E-state index contributed by atoms with van der Waals surface area (Å²) in [4.78, 5) is 23.4. The molecule has 9 nitrogen and oxygen atoms in total. The quantitative estimate of drug-likeness (QED) is 0.286. The zero-order valence-electron chi connectivity index (χ0n) is 13.5. The lowest BCUT2D eigenvalue weighted by atomic mass is 10.3. The van der Waals surface area contributed by atoms with Gasteiger partial charge in [0.05, 0.1) is 15.1 Å². The van der Waals surface area contributed by atoms with Crippen LogP contribution in [0.3, 0.4) is 0 Å². The van der Waals surface area contributed by atoms with Gasteiger partial charge in [-0.1, -0.05) is 17.8 Å². The van der Waals surface area contributed by atoms with Gasteiger partial charge in [-0.15, -0.1) is 21.5 Å². The van der Waals surface area contributed by atoms with Gasteiger partial charge in [0.2, 0.25) is 11.1 Å². The Morgan fingerprint density at radius 3 is 2.69 bits per heavy atom. The maximum absolute atomic E-state index is 12.3. The molecule has 1 amide bonds. The van der Waals surface area contributed by atoms with Crippen LogP contribution in [0.15, 0.2) is 46.9 Å². The van der Waals surface area contributed by atoms with Crippen LogP contribution in [-0.2, 0) is 4.79 Å². The number of aromatic nitrogens is 3. The van der Waals surface area contributed by atoms with Crippen molar-refractivity contribution in [2.24, 2.45) is 0 Å². The van der Waals surface area contributed by atoms with E-state index < -0.39 is 10.2 Å². The number of nitro benzene ring substituents is 1. The summed E-state index contributed by atoms with van der Waals surface area (Å²) < 4.78 is 1.35. The van der Waals surface area contributed by atoms with Crippen molar-refractivity contribution < 1.29 is 9.72 Å². The number of thiophene rings is 1. The molecular formula is C15H14N6O3S2. The van der Waals surface area contributed by atoms with Gasteiger partial charge < -0.3 is 11.2 Å². The van der Waals surface area contributed by atoms with Crippen LogP contribution in [0.4, 0.5) is 11.4 Å². The summed E-state index contributed by atoms with van der Waals surface area (Å²) >= 11 is 2.67. The first-order valence-corrected chi connectivity index (χ1v) is 9.18. The molecule has 3 aromatic rings. The van der Waals surface area contributed by atoms with E-state index in [1.54, 1.807) is 6.92 Å². The van der Waals surface area contributed by atoms with Crippen LogP contribution in [0.25, 0.3) is 10.7 Å². The van der Waals surface area contributed by atoms with Crippen molar-refractivity contribution in [2.45, 2.75) is 17.3 Å². The summed E-state index contributed by atoms with van der Waals surface area (Å²) in [5.41, 5.74) is 0.435. The molecule has 0 aliphatic rings. The van der Waals surface area contributed by atoms with Crippen molar-refractivity contribution in [2.75, 3.05) is 11.2 Å². The molecule has 3 N–H and O–H groups in total. The summed E-state index contributed by atoms with van der Waals surface area (Å²) in [6.45, 7) is 1.71. The number of nitrogens with zero attached hydrogens (tertiary/aromatic N) is 4. The molecule has 0 fully saturated rings. The highest BCUT2D eigenvalue weighted by molar-refractivity contribution is 8.00. The SMILES string of the molecule is CC(Sc1nnc(-c2cccs2)n1N)C(=O)Nc1ccc([N+](=O)[O-])cc1. The standard InChI is InChI=1S/C15H14N6O3S2/c1-9(14(22)17-10-4-6-11(7-5-10)21(23)24)26-15-19-18-13(20(15)16)12-3-2-8-25-12/h2-9H,16H2,1H3,(H,17,22). The fourth-order valence-electron chi connectivity index (χ4n) is 2.05. The van der Waals surface area contributed by atoms with Crippen LogP contribution in [-0.4, -0.2) is 31.0 Å². The topological polar surface area (TPSA) is 129 Å². The van der Waals surface area contributed by atoms with E-state index in [9.17, 15) is 14.9 Å². The smallest absolute Gasteiger partial charge is 0.269 e. The Morgan fingerprint density at radius 1 is 1.35 bits per heavy atom. The van der Waals surface area contributed by atoms with Gasteiger partial charge >= 0.3 is 0 Å². The lowest BCUT2D eigenvalue weighted by Crippen LogP contribution is -2.23. The van der Waals surface area contributed by atoms with Gasteiger partial charge in [-0.3, -0.25) is 14.9 Å². The highest BCUT2D eigenvalue weighted by atomic mass is 32.2. The number of nitrogen functional groups attached to an aromatic ring is 1. The minimum absolute atomic E-state index is 0.0391. The molecule has 2 aromatic heterocycles. The van der Waals surface area contributed by atoms with Crippen LogP contribution >= 0.6 is 23.1 Å². The van der Waals surface area contributed by atoms with Gasteiger partial charge in [0, 0.05) is 17.8 Å². The van der Waals surface area contributed by atoms with Crippen molar-refractivity contribution in [1.29, 1.82) is 0 Å². The maximum Gasteiger partial charge on any atom is 0.269 e. The van der Waals surface area contributed by atoms with Gasteiger partial charge in [-0.2, -0.15) is 0 Å². The average molecular weight is 390 g/mol. The monoisotopic (exact) mass is 390 g/mol. The molecule has 1 atom stereocenters. The van der Waals surface area contributed by atoms with Crippen molar-refractivity contribution >= 4 is 40.4 Å². The number of thioether (sulfide) groups is 1. The number of nitrogens with two attached hydrogens (primary N) is 1. The predicted molar refractivity (Wildman–Crippen MR) is 101 cm³/mol. The van der Waals surface area contributed by atoms with E-state index >= 15 is 0 Å². The van der Waals surface area contributed by atoms with Crippen LogP contribution < -0.4 is 11.2 Å². The van der Waals surface area contributed by atoms with Crippen molar-refractivity contribution in [3.05, 3.63) is 51.9 Å². The second-order valence-electron chi connectivity index (χ2n) is 5.21. The molecule has 0 saturated carbocycles. The summed E-state index contributed by atoms with van der Waals surface area (Å²) in [6.07, 6.45) is 0. The van der Waals surface area contributed by atoms with E-state index in [0.717, 1.165) is 4.88 Å². The summed E-state index contributed by atoms with van der Waals surface area (Å²) in [5.74, 6) is 6.28. The summed E-state index contributed by atoms with van der Waals surface area (Å²) in [5, 5.41) is 23.3. The Kier molecular flexibility index (Phi) is 5.19. The first-order valence-electron chi connectivity index (χ1n) is 7.42. The zero-order valence-corrected chi connectivity index (χ0v) is 15.2. The molecule has 134 valence electrons. The Morgan fingerprint density at radius 2 is 2.08 bits per heavy atom. The molecule has 1 unspecified atom stereocenters. The molecule has 0 bridgehead atoms. The zero-order chi connectivity index (χ0) is 18.7. The lowest BCUT2D eigenvalue weighted by molar-refractivity contribution is -0.384.